The second-order valence-corrected chi connectivity index (χ2v) is 6.08. The average Bonchev–Trinajstić information content (AvgIpc) is 2.19. The zero-order valence-corrected chi connectivity index (χ0v) is 10.5. The van der Waals surface area contributed by atoms with Gasteiger partial charge in [0, 0.05) is 0 Å². The maximum absolute atomic E-state index is 4.27. The molecule has 1 aromatic carbocycles. The molecule has 0 amide bonds. The molecule has 3 heteroatoms. The second-order valence-electron chi connectivity index (χ2n) is 2.75. The molecule has 0 unspecified atom stereocenters. The topological polar surface area (TPSA) is 12.0 Å². The minimum absolute atomic E-state index is 0.295. The van der Waals surface area contributed by atoms with E-state index in [1.54, 1.807) is 0 Å². The maximum atomic E-state index is 4.27. The molecule has 13 heavy (non-hydrogen) atoms. The normalized spacial score (nSPS) is 10.2. The Bertz CT molecular complexity index is 215. The summed E-state index contributed by atoms with van der Waals surface area (Å²) in [5.41, 5.74) is 1.22. The van der Waals surface area contributed by atoms with Crippen molar-refractivity contribution in [3.05, 3.63) is 30.3 Å². The Morgan fingerprint density at radius 1 is 1.15 bits per heavy atom. The van der Waals surface area contributed by atoms with Crippen molar-refractivity contribution in [2.45, 2.75) is 17.5 Å². The van der Waals surface area contributed by atoms with E-state index in [0.29, 0.717) is 18.4 Å². The van der Waals surface area contributed by atoms with Gasteiger partial charge in [0.05, 0.1) is 0 Å². The van der Waals surface area contributed by atoms with Crippen LogP contribution in [0.15, 0.2) is 30.3 Å². The Balaban J connectivity index is 2.07. The molecule has 0 aliphatic carbocycles. The van der Waals surface area contributed by atoms with Crippen molar-refractivity contribution in [2.24, 2.45) is 0 Å². The molecule has 1 rings (SSSR count). The van der Waals surface area contributed by atoms with E-state index < -0.39 is 0 Å². The number of para-hydroxylation sites is 1. The van der Waals surface area contributed by atoms with E-state index in [4.69, 9.17) is 0 Å². The van der Waals surface area contributed by atoms with Crippen molar-refractivity contribution < 1.29 is 18.4 Å². The number of hydrogen-bond acceptors (Lipinski definition) is 2. The molecule has 0 aliphatic rings. The van der Waals surface area contributed by atoms with Crippen molar-refractivity contribution in [3.8, 4) is 0 Å². The van der Waals surface area contributed by atoms with E-state index >= 15 is 0 Å². The summed E-state index contributed by atoms with van der Waals surface area (Å²) in [5, 5.41) is 3.39. The molecule has 77 valence electrons. The van der Waals surface area contributed by atoms with Crippen LogP contribution in [0, 0.1) is 0 Å². The SMILES string of the molecule is [SH][Au][CH2]CCCNc1ccccc1. The molecule has 0 spiro atoms. The summed E-state index contributed by atoms with van der Waals surface area (Å²) in [5.74, 6) is 0. The van der Waals surface area contributed by atoms with Gasteiger partial charge >= 0.3 is 93.9 Å². The number of anilines is 1. The van der Waals surface area contributed by atoms with Gasteiger partial charge in [-0.15, -0.1) is 0 Å². The average molecular weight is 378 g/mol. The minimum atomic E-state index is 0.295. The van der Waals surface area contributed by atoms with E-state index in [2.05, 4.69) is 39.7 Å². The van der Waals surface area contributed by atoms with E-state index in [-0.39, 0.29) is 0 Å². The second kappa shape index (κ2) is 7.51. The van der Waals surface area contributed by atoms with Gasteiger partial charge in [-0.2, -0.15) is 0 Å². The Morgan fingerprint density at radius 3 is 2.62 bits per heavy atom. The third-order valence-electron chi connectivity index (χ3n) is 1.70. The molecule has 0 radical (unpaired) electrons. The fourth-order valence-corrected chi connectivity index (χ4v) is 2.70. The Morgan fingerprint density at radius 2 is 1.92 bits per heavy atom. The van der Waals surface area contributed by atoms with Crippen molar-refractivity contribution in [3.63, 3.8) is 0 Å². The first-order valence-electron chi connectivity index (χ1n) is 4.36. The van der Waals surface area contributed by atoms with Crippen LogP contribution in [0.25, 0.3) is 0 Å². The summed E-state index contributed by atoms with van der Waals surface area (Å²) in [7, 11) is 4.27. The standard InChI is InChI=1S/C10H14N.Au.H2S/c1-2-3-9-11-10-7-5-4-6-8-10;;/h4-8,11H,1-3,9H2;;1H2/q;+1;/p-1. The molecule has 0 aliphatic heterocycles. The van der Waals surface area contributed by atoms with Crippen LogP contribution in [-0.2, 0) is 18.4 Å². The van der Waals surface area contributed by atoms with Crippen molar-refractivity contribution >= 4 is 15.8 Å². The van der Waals surface area contributed by atoms with Crippen LogP contribution in [0.5, 0.6) is 0 Å². The van der Waals surface area contributed by atoms with Crippen molar-refractivity contribution in [1.29, 1.82) is 0 Å². The van der Waals surface area contributed by atoms with Gasteiger partial charge in [-0.05, 0) is 0 Å². The summed E-state index contributed by atoms with van der Waals surface area (Å²) < 4.78 is 1.32. The molecule has 0 bridgehead atoms. The van der Waals surface area contributed by atoms with Crippen LogP contribution in [0.2, 0.25) is 4.64 Å². The number of benzene rings is 1. The van der Waals surface area contributed by atoms with Gasteiger partial charge in [0.25, 0.3) is 0 Å². The van der Waals surface area contributed by atoms with Crippen LogP contribution in [0.3, 0.4) is 0 Å². The summed E-state index contributed by atoms with van der Waals surface area (Å²) in [4.78, 5) is 0. The zero-order valence-electron chi connectivity index (χ0n) is 7.46. The van der Waals surface area contributed by atoms with Gasteiger partial charge in [0.1, 0.15) is 0 Å². The van der Waals surface area contributed by atoms with Crippen LogP contribution in [0.1, 0.15) is 12.8 Å². The molecule has 0 heterocycles. The molecule has 1 N–H and O–H groups in total. The van der Waals surface area contributed by atoms with Gasteiger partial charge in [-0.1, -0.05) is 0 Å². The van der Waals surface area contributed by atoms with Crippen LogP contribution < -0.4 is 5.32 Å². The first kappa shape index (κ1) is 11.2. The van der Waals surface area contributed by atoms with Gasteiger partial charge < -0.3 is 0 Å². The van der Waals surface area contributed by atoms with Crippen molar-refractivity contribution in [1.82, 2.24) is 0 Å². The molecular formula is C10H15AuNS. The Labute approximate surface area is 93.6 Å². The summed E-state index contributed by atoms with van der Waals surface area (Å²) in [6, 6.07) is 10.4. The number of thiol groups is 1. The summed E-state index contributed by atoms with van der Waals surface area (Å²) >= 11 is 0.295. The Hall–Kier alpha value is 0.110. The van der Waals surface area contributed by atoms with E-state index in [1.807, 2.05) is 6.07 Å². The number of nitrogens with one attached hydrogen (secondary N) is 1. The third kappa shape index (κ3) is 5.42. The molecule has 0 aromatic heterocycles. The van der Waals surface area contributed by atoms with Crippen LogP contribution >= 0.6 is 10.1 Å². The zero-order chi connectivity index (χ0) is 9.36. The molecule has 0 saturated carbocycles. The van der Waals surface area contributed by atoms with E-state index in [0.717, 1.165) is 6.54 Å². The fraction of sp³-hybridized carbons (Fsp3) is 0.400. The number of unbranched alkanes of at least 4 members (excludes halogenated alkanes) is 1. The molecule has 0 atom stereocenters. The van der Waals surface area contributed by atoms with E-state index in [1.165, 1.54) is 23.2 Å². The summed E-state index contributed by atoms with van der Waals surface area (Å²) in [6.07, 6.45) is 2.57. The quantitative estimate of drug-likeness (QED) is 0.440. The Kier molecular flexibility index (Phi) is 6.46. The van der Waals surface area contributed by atoms with E-state index in [9.17, 15) is 0 Å². The molecule has 1 nitrogen and oxygen atoms in total. The number of hydrogen-bond donors (Lipinski definition) is 2. The van der Waals surface area contributed by atoms with Gasteiger partial charge in [-0.25, -0.2) is 0 Å². The predicted octanol–water partition coefficient (Wildman–Crippen LogP) is 3.22. The predicted molar refractivity (Wildman–Crippen MR) is 58.0 cm³/mol. The van der Waals surface area contributed by atoms with Crippen LogP contribution in [-0.4, -0.2) is 6.54 Å². The van der Waals surface area contributed by atoms with Crippen LogP contribution in [0.4, 0.5) is 5.69 Å². The molecule has 0 saturated heterocycles. The van der Waals surface area contributed by atoms with Gasteiger partial charge in [-0.3, -0.25) is 0 Å². The summed E-state index contributed by atoms with van der Waals surface area (Å²) in [6.45, 7) is 1.08. The first-order valence-corrected chi connectivity index (χ1v) is 9.07. The molecule has 0 fully saturated rings. The molecule has 1 aromatic rings. The monoisotopic (exact) mass is 378 g/mol. The fourth-order valence-electron chi connectivity index (χ4n) is 1.04. The van der Waals surface area contributed by atoms with Crippen molar-refractivity contribution in [2.75, 3.05) is 11.9 Å². The van der Waals surface area contributed by atoms with Gasteiger partial charge in [0.15, 0.2) is 0 Å². The molecular weight excluding hydrogens is 363 g/mol. The van der Waals surface area contributed by atoms with Gasteiger partial charge in [0.2, 0.25) is 0 Å². The third-order valence-corrected chi connectivity index (χ3v) is 4.06. The number of rotatable bonds is 6. The first-order chi connectivity index (χ1) is 6.43.